The highest BCUT2D eigenvalue weighted by Crippen LogP contribution is 2.17. The third-order valence-corrected chi connectivity index (χ3v) is 13.6. The molecule has 0 spiro atoms. The Kier molecular flexibility index (Phi) is 56.2. The van der Waals surface area contributed by atoms with Crippen molar-refractivity contribution in [3.8, 4) is 0 Å². The largest absolute Gasteiger partial charge is 0.462 e. The summed E-state index contributed by atoms with van der Waals surface area (Å²) < 4.78 is 16.9. The molecule has 0 aliphatic heterocycles. The molecular weight excluding hydrogens is 853 g/mol. The summed E-state index contributed by atoms with van der Waals surface area (Å²) in [4.78, 5) is 38.2. The zero-order chi connectivity index (χ0) is 50.0. The molecule has 6 heteroatoms. The molecule has 0 aromatic carbocycles. The van der Waals surface area contributed by atoms with Crippen LogP contribution in [0.5, 0.6) is 0 Å². The van der Waals surface area contributed by atoms with Gasteiger partial charge >= 0.3 is 17.9 Å². The first-order valence-corrected chi connectivity index (χ1v) is 30.5. The van der Waals surface area contributed by atoms with Gasteiger partial charge in [0, 0.05) is 19.3 Å². The van der Waals surface area contributed by atoms with E-state index in [1.54, 1.807) is 0 Å². The van der Waals surface area contributed by atoms with E-state index < -0.39 is 6.10 Å². The minimum absolute atomic E-state index is 0.0769. The SMILES string of the molecule is CCCCC/C=C\CCCCCCCC(=O)OCC(COC(=O)CCCCCCCCCCCCCCCCCCCCCCCCC)OC(=O)CCCCCCC/C=C\C/C=C\CCCCCC. The monoisotopic (exact) mass is 969 g/mol. The summed E-state index contributed by atoms with van der Waals surface area (Å²) in [5.41, 5.74) is 0. The standard InChI is InChI=1S/C63H116O6/c1-4-7-10-13-16-19-22-25-27-29-30-31-32-33-34-35-37-38-41-44-47-50-53-56-62(65)68-59-60(58-67-61(64)55-52-49-46-43-40-24-21-18-15-12-9-6-3)69-63(66)57-54-51-48-45-42-39-36-28-26-23-20-17-14-11-8-5-2/h18,20-21,23,28,36,60H,4-17,19,22,24-27,29-35,37-59H2,1-3H3/b21-18-,23-20-,36-28-. The Labute approximate surface area is 429 Å². The Morgan fingerprint density at radius 3 is 0.855 bits per heavy atom. The number of allylic oxidation sites excluding steroid dienone is 6. The maximum absolute atomic E-state index is 12.9. The number of ether oxygens (including phenoxy) is 3. The van der Waals surface area contributed by atoms with E-state index in [9.17, 15) is 14.4 Å². The fourth-order valence-corrected chi connectivity index (χ4v) is 9.00. The number of carbonyl (C=O) groups is 3. The molecule has 0 amide bonds. The first kappa shape index (κ1) is 66.6. The summed E-state index contributed by atoms with van der Waals surface area (Å²) in [6.07, 6.45) is 70.1. The van der Waals surface area contributed by atoms with Crippen molar-refractivity contribution in [2.45, 2.75) is 335 Å². The minimum atomic E-state index is -0.780. The van der Waals surface area contributed by atoms with Crippen LogP contribution in [0.3, 0.4) is 0 Å². The molecule has 1 atom stereocenters. The van der Waals surface area contributed by atoms with E-state index in [-0.39, 0.29) is 31.1 Å². The molecule has 0 aromatic rings. The van der Waals surface area contributed by atoms with E-state index in [1.807, 2.05) is 0 Å². The number of esters is 3. The number of hydrogen-bond acceptors (Lipinski definition) is 6. The smallest absolute Gasteiger partial charge is 0.306 e. The van der Waals surface area contributed by atoms with Crippen molar-refractivity contribution in [1.82, 2.24) is 0 Å². The van der Waals surface area contributed by atoms with Crippen LogP contribution in [0, 0.1) is 0 Å². The zero-order valence-corrected chi connectivity index (χ0v) is 46.3. The van der Waals surface area contributed by atoms with Crippen LogP contribution in [0.4, 0.5) is 0 Å². The molecular formula is C63H116O6. The molecule has 0 fully saturated rings. The highest BCUT2D eigenvalue weighted by Gasteiger charge is 2.19. The summed E-state index contributed by atoms with van der Waals surface area (Å²) in [5.74, 6) is -0.882. The zero-order valence-electron chi connectivity index (χ0n) is 46.3. The van der Waals surface area contributed by atoms with Gasteiger partial charge in [0.05, 0.1) is 0 Å². The summed E-state index contributed by atoms with van der Waals surface area (Å²) in [6, 6.07) is 0. The van der Waals surface area contributed by atoms with Gasteiger partial charge in [0.2, 0.25) is 0 Å². The average Bonchev–Trinajstić information content (AvgIpc) is 3.35. The van der Waals surface area contributed by atoms with Crippen molar-refractivity contribution in [1.29, 1.82) is 0 Å². The minimum Gasteiger partial charge on any atom is -0.462 e. The van der Waals surface area contributed by atoms with E-state index >= 15 is 0 Å². The van der Waals surface area contributed by atoms with E-state index in [1.165, 1.54) is 199 Å². The molecule has 0 radical (unpaired) electrons. The molecule has 0 saturated heterocycles. The van der Waals surface area contributed by atoms with Gasteiger partial charge in [0.15, 0.2) is 6.10 Å². The molecule has 69 heavy (non-hydrogen) atoms. The fourth-order valence-electron chi connectivity index (χ4n) is 9.00. The van der Waals surface area contributed by atoms with Crippen molar-refractivity contribution in [2.75, 3.05) is 13.2 Å². The van der Waals surface area contributed by atoms with Gasteiger partial charge in [-0.1, -0.05) is 269 Å². The summed E-state index contributed by atoms with van der Waals surface area (Å²) in [6.45, 7) is 6.63. The van der Waals surface area contributed by atoms with Gasteiger partial charge in [-0.05, 0) is 77.0 Å². The lowest BCUT2D eigenvalue weighted by molar-refractivity contribution is -0.167. The van der Waals surface area contributed by atoms with Crippen LogP contribution in [0.25, 0.3) is 0 Å². The molecule has 0 heterocycles. The molecule has 404 valence electrons. The predicted molar refractivity (Wildman–Crippen MR) is 298 cm³/mol. The van der Waals surface area contributed by atoms with Crippen LogP contribution in [0.15, 0.2) is 36.5 Å². The van der Waals surface area contributed by atoms with Crippen LogP contribution in [0.1, 0.15) is 329 Å². The number of hydrogen-bond donors (Lipinski definition) is 0. The molecule has 0 bridgehead atoms. The van der Waals surface area contributed by atoms with Crippen LogP contribution < -0.4 is 0 Å². The maximum atomic E-state index is 12.9. The van der Waals surface area contributed by atoms with Crippen LogP contribution in [0.2, 0.25) is 0 Å². The van der Waals surface area contributed by atoms with Gasteiger partial charge in [-0.25, -0.2) is 0 Å². The molecule has 0 N–H and O–H groups in total. The van der Waals surface area contributed by atoms with Crippen molar-refractivity contribution >= 4 is 17.9 Å². The molecule has 0 aliphatic rings. The first-order chi connectivity index (χ1) is 34.0. The van der Waals surface area contributed by atoms with Gasteiger partial charge in [0.1, 0.15) is 13.2 Å². The molecule has 1 unspecified atom stereocenters. The second-order valence-electron chi connectivity index (χ2n) is 20.6. The summed E-state index contributed by atoms with van der Waals surface area (Å²) in [7, 11) is 0. The molecule has 0 rings (SSSR count). The number of rotatable bonds is 56. The van der Waals surface area contributed by atoms with E-state index in [0.717, 1.165) is 89.9 Å². The topological polar surface area (TPSA) is 78.9 Å². The Morgan fingerprint density at radius 1 is 0.290 bits per heavy atom. The highest BCUT2D eigenvalue weighted by atomic mass is 16.6. The van der Waals surface area contributed by atoms with E-state index in [4.69, 9.17) is 14.2 Å². The molecule has 0 aromatic heterocycles. The van der Waals surface area contributed by atoms with E-state index in [2.05, 4.69) is 57.2 Å². The Hall–Kier alpha value is -2.37. The van der Waals surface area contributed by atoms with E-state index in [0.29, 0.717) is 19.3 Å². The Bertz CT molecular complexity index is 1160. The third kappa shape index (κ3) is 56.4. The lowest BCUT2D eigenvalue weighted by Crippen LogP contribution is -2.30. The van der Waals surface area contributed by atoms with Crippen LogP contribution in [-0.4, -0.2) is 37.2 Å². The number of unbranched alkanes of at least 4 members (excludes halogenated alkanes) is 39. The predicted octanol–water partition coefficient (Wildman–Crippen LogP) is 20.4. The van der Waals surface area contributed by atoms with Gasteiger partial charge in [-0.15, -0.1) is 0 Å². The normalized spacial score (nSPS) is 12.2. The molecule has 0 aliphatic carbocycles. The van der Waals surface area contributed by atoms with Crippen molar-refractivity contribution < 1.29 is 28.6 Å². The summed E-state index contributed by atoms with van der Waals surface area (Å²) >= 11 is 0. The maximum Gasteiger partial charge on any atom is 0.306 e. The molecule has 0 saturated carbocycles. The first-order valence-electron chi connectivity index (χ1n) is 30.5. The van der Waals surface area contributed by atoms with Gasteiger partial charge in [0.25, 0.3) is 0 Å². The Morgan fingerprint density at radius 2 is 0.522 bits per heavy atom. The van der Waals surface area contributed by atoms with Crippen molar-refractivity contribution in [3.05, 3.63) is 36.5 Å². The lowest BCUT2D eigenvalue weighted by atomic mass is 10.0. The Balaban J connectivity index is 4.26. The van der Waals surface area contributed by atoms with Crippen molar-refractivity contribution in [3.63, 3.8) is 0 Å². The summed E-state index contributed by atoms with van der Waals surface area (Å²) in [5, 5.41) is 0. The van der Waals surface area contributed by atoms with Crippen molar-refractivity contribution in [2.24, 2.45) is 0 Å². The fraction of sp³-hybridized carbons (Fsp3) is 0.857. The second-order valence-corrected chi connectivity index (χ2v) is 20.6. The molecule has 6 nitrogen and oxygen atoms in total. The van der Waals surface area contributed by atoms with Gasteiger partial charge in [-0.3, -0.25) is 14.4 Å². The van der Waals surface area contributed by atoms with Gasteiger partial charge in [-0.2, -0.15) is 0 Å². The van der Waals surface area contributed by atoms with Crippen LogP contribution in [-0.2, 0) is 28.6 Å². The highest BCUT2D eigenvalue weighted by molar-refractivity contribution is 5.71. The quantitative estimate of drug-likeness (QED) is 0.0261. The van der Waals surface area contributed by atoms with Crippen LogP contribution >= 0.6 is 0 Å². The lowest BCUT2D eigenvalue weighted by Gasteiger charge is -2.18. The average molecular weight is 970 g/mol. The number of carbonyl (C=O) groups excluding carboxylic acids is 3. The van der Waals surface area contributed by atoms with Gasteiger partial charge < -0.3 is 14.2 Å². The second kappa shape index (κ2) is 58.2. The third-order valence-electron chi connectivity index (χ3n) is 13.6.